The first-order valence-electron chi connectivity index (χ1n) is 2.23. The zero-order chi connectivity index (χ0) is 4.99. The molecule has 0 aliphatic carbocycles. The average Bonchev–Trinajstić information content (AvgIpc) is 1.65. The minimum atomic E-state index is 0. The molecule has 3 heteroatoms. The number of hydrogen-bond acceptors (Lipinski definition) is 1. The fraction of sp³-hybridized carbons (Fsp3) is 1.00. The minimum absolute atomic E-state index is 0. The van der Waals surface area contributed by atoms with Crippen molar-refractivity contribution < 1.29 is 20.1 Å². The van der Waals surface area contributed by atoms with E-state index in [4.69, 9.17) is 0 Å². The molecule has 0 rings (SSSR count). The molecular weight excluding hydrogens is 281 g/mol. The van der Waals surface area contributed by atoms with Gasteiger partial charge in [0.25, 0.3) is 0 Å². The van der Waals surface area contributed by atoms with E-state index < -0.39 is 0 Å². The van der Waals surface area contributed by atoms with Crippen molar-refractivity contribution in [3.8, 4) is 0 Å². The second-order valence-corrected chi connectivity index (χ2v) is 2.97. The van der Waals surface area contributed by atoms with Crippen molar-refractivity contribution in [3.05, 3.63) is 0 Å². The van der Waals surface area contributed by atoms with Crippen LogP contribution in [0.25, 0.3) is 0 Å². The molecule has 0 amide bonds. The Balaban J connectivity index is 0. The van der Waals surface area contributed by atoms with E-state index in [1.54, 1.807) is 20.1 Å². The van der Waals surface area contributed by atoms with Gasteiger partial charge in [-0.1, -0.05) is 0 Å². The van der Waals surface area contributed by atoms with Crippen LogP contribution < -0.4 is 0 Å². The smallest absolute Gasteiger partial charge is 0.147 e. The number of nitrogens with zero attached hydrogens (tertiary/aromatic N) is 1. The first kappa shape index (κ1) is 10.8. The molecule has 7 heavy (non-hydrogen) atoms. The molecule has 45 valence electrons. The minimum Gasteiger partial charge on any atom is -0.147 e. The Morgan fingerprint density at radius 3 is 1.57 bits per heavy atom. The summed E-state index contributed by atoms with van der Waals surface area (Å²) in [6.45, 7) is 6.75. The van der Waals surface area contributed by atoms with Crippen LogP contribution in [-0.4, -0.2) is 16.5 Å². The summed E-state index contributed by atoms with van der Waals surface area (Å²) >= 11 is 1.58. The maximum atomic E-state index is 2.33. The van der Waals surface area contributed by atoms with Crippen LogP contribution in [0.3, 0.4) is 0 Å². The van der Waals surface area contributed by atoms with Crippen molar-refractivity contribution in [2.45, 2.75) is 13.8 Å². The van der Waals surface area contributed by atoms with E-state index in [2.05, 4.69) is 17.3 Å². The van der Waals surface area contributed by atoms with Gasteiger partial charge in [-0.15, -0.1) is 12.4 Å². The molecule has 0 bridgehead atoms. The zero-order valence-corrected chi connectivity index (χ0v) is 8.43. The summed E-state index contributed by atoms with van der Waals surface area (Å²) in [4.78, 5) is 0. The molecule has 0 aliphatic heterocycles. The van der Waals surface area contributed by atoms with Crippen molar-refractivity contribution in [2.24, 2.45) is 0 Å². The Morgan fingerprint density at radius 2 is 1.57 bits per heavy atom. The van der Waals surface area contributed by atoms with Crippen molar-refractivity contribution >= 4 is 12.4 Å². The van der Waals surface area contributed by atoms with Crippen LogP contribution in [0.2, 0.25) is 0 Å². The number of rotatable bonds is 2. The van der Waals surface area contributed by atoms with Gasteiger partial charge in [0, 0.05) is 0 Å². The topological polar surface area (TPSA) is 3.24 Å². The Kier molecular flexibility index (Phi) is 10.7. The summed E-state index contributed by atoms with van der Waals surface area (Å²) < 4.78 is 2.33. The molecule has 0 aliphatic rings. The molecule has 1 nitrogen and oxygen atoms in total. The molecule has 0 atom stereocenters. The van der Waals surface area contributed by atoms with Crippen LogP contribution in [0.4, 0.5) is 0 Å². The average molecular weight is 292 g/mol. The van der Waals surface area contributed by atoms with Crippen LogP contribution in [-0.2, 0) is 20.1 Å². The largest absolute Gasteiger partial charge is 0.147 e. The molecule has 0 aromatic rings. The van der Waals surface area contributed by atoms with Gasteiger partial charge < -0.3 is 0 Å². The summed E-state index contributed by atoms with van der Waals surface area (Å²) in [6.07, 6.45) is 0. The molecule has 0 unspecified atom stereocenters. The maximum absolute atomic E-state index is 2.33. The Morgan fingerprint density at radius 1 is 1.29 bits per heavy atom. The zero-order valence-electron chi connectivity index (χ0n) is 4.68. The third-order valence-electron chi connectivity index (χ3n) is 0.705. The van der Waals surface area contributed by atoms with E-state index in [1.165, 1.54) is 13.1 Å². The first-order chi connectivity index (χ1) is 2.81. The van der Waals surface area contributed by atoms with Gasteiger partial charge in [-0.2, -0.15) is 0 Å². The monoisotopic (exact) mass is 292 g/mol. The van der Waals surface area contributed by atoms with Gasteiger partial charge in [0.05, 0.1) is 0 Å². The van der Waals surface area contributed by atoms with Crippen molar-refractivity contribution in [2.75, 3.05) is 13.1 Å². The third-order valence-corrected chi connectivity index (χ3v) is 2.56. The maximum Gasteiger partial charge on any atom is -0.147 e. The van der Waals surface area contributed by atoms with E-state index in [1.807, 2.05) is 0 Å². The van der Waals surface area contributed by atoms with Crippen LogP contribution in [0, 0.1) is 0 Å². The van der Waals surface area contributed by atoms with Crippen molar-refractivity contribution in [1.29, 1.82) is 0 Å². The molecule has 0 N–H and O–H groups in total. The molecular formula is C4H11ClNW. The predicted octanol–water partition coefficient (Wildman–Crippen LogP) is 1.21. The van der Waals surface area contributed by atoms with Gasteiger partial charge in [0.15, 0.2) is 0 Å². The quantitative estimate of drug-likeness (QED) is 0.739. The summed E-state index contributed by atoms with van der Waals surface area (Å²) in [5, 5.41) is 0. The SMILES string of the molecule is CC[N]([W])CC.Cl. The van der Waals surface area contributed by atoms with Crippen LogP contribution in [0.5, 0.6) is 0 Å². The molecule has 0 aromatic heterocycles. The van der Waals surface area contributed by atoms with E-state index in [-0.39, 0.29) is 12.4 Å². The van der Waals surface area contributed by atoms with E-state index in [9.17, 15) is 0 Å². The third kappa shape index (κ3) is 6.94. The molecule has 0 heterocycles. The van der Waals surface area contributed by atoms with Gasteiger partial charge in [0.1, 0.15) is 0 Å². The van der Waals surface area contributed by atoms with Gasteiger partial charge >= 0.3 is 50.5 Å². The van der Waals surface area contributed by atoms with Gasteiger partial charge in [-0.25, -0.2) is 0 Å². The van der Waals surface area contributed by atoms with Crippen molar-refractivity contribution in [1.82, 2.24) is 3.46 Å². The van der Waals surface area contributed by atoms with Crippen molar-refractivity contribution in [3.63, 3.8) is 0 Å². The Bertz CT molecular complexity index is 30.9. The van der Waals surface area contributed by atoms with E-state index >= 15 is 0 Å². The van der Waals surface area contributed by atoms with E-state index in [0.717, 1.165) is 0 Å². The van der Waals surface area contributed by atoms with Crippen LogP contribution in [0.15, 0.2) is 0 Å². The molecule has 0 spiro atoms. The summed E-state index contributed by atoms with van der Waals surface area (Å²) in [6, 6.07) is 0. The second-order valence-electron chi connectivity index (χ2n) is 1.11. The standard InChI is InChI=1S/C4H10N.ClH.W/c1-3-5-4-2;;/h3-4H2,1-2H3;1H;/q-1;;+1. The first-order valence-corrected chi connectivity index (χ1v) is 3.54. The summed E-state index contributed by atoms with van der Waals surface area (Å²) in [5.41, 5.74) is 0. The van der Waals surface area contributed by atoms with Crippen LogP contribution in [0.1, 0.15) is 13.8 Å². The Labute approximate surface area is 63.1 Å². The van der Waals surface area contributed by atoms with Crippen LogP contribution >= 0.6 is 12.4 Å². The van der Waals surface area contributed by atoms with Gasteiger partial charge in [-0.3, -0.25) is 0 Å². The molecule has 0 radical (unpaired) electrons. The predicted molar refractivity (Wildman–Crippen MR) is 30.2 cm³/mol. The molecule has 0 aromatic carbocycles. The fourth-order valence-electron chi connectivity index (χ4n) is 0.224. The molecule has 0 saturated heterocycles. The van der Waals surface area contributed by atoms with E-state index in [0.29, 0.717) is 0 Å². The summed E-state index contributed by atoms with van der Waals surface area (Å²) in [5.74, 6) is 0. The second kappa shape index (κ2) is 6.94. The number of halogens is 1. The Hall–Kier alpha value is 0.938. The van der Waals surface area contributed by atoms with Gasteiger partial charge in [-0.05, 0) is 0 Å². The summed E-state index contributed by atoms with van der Waals surface area (Å²) in [7, 11) is 0. The fourth-order valence-corrected chi connectivity index (χ4v) is 0.224. The number of hydrogen-bond donors (Lipinski definition) is 0. The molecule has 0 fully saturated rings. The molecule has 0 saturated carbocycles. The van der Waals surface area contributed by atoms with Gasteiger partial charge in [0.2, 0.25) is 0 Å². The normalized spacial score (nSPS) is 8.43.